The number of carbonyl (C=O) groups excluding carboxylic acids is 1. The lowest BCUT2D eigenvalue weighted by Gasteiger charge is -2.07. The third kappa shape index (κ3) is 3.05. The molecule has 0 bridgehead atoms. The highest BCUT2D eigenvalue weighted by Crippen LogP contribution is 2.17. The van der Waals surface area contributed by atoms with E-state index < -0.39 is 6.04 Å². The molecule has 76 valence electrons. The Balaban J connectivity index is 2.64. The second-order valence-corrected chi connectivity index (χ2v) is 3.89. The van der Waals surface area contributed by atoms with Crippen LogP contribution >= 0.6 is 11.8 Å². The monoisotopic (exact) mass is 210 g/mol. The van der Waals surface area contributed by atoms with Crippen LogP contribution in [0.15, 0.2) is 29.2 Å². The van der Waals surface area contributed by atoms with Crippen LogP contribution in [0.5, 0.6) is 0 Å². The number of anilines is 1. The Kier molecular flexibility index (Phi) is 3.98. The van der Waals surface area contributed by atoms with Crippen LogP contribution in [0, 0.1) is 0 Å². The maximum absolute atomic E-state index is 11.2. The van der Waals surface area contributed by atoms with E-state index in [-0.39, 0.29) is 5.91 Å². The van der Waals surface area contributed by atoms with Gasteiger partial charge in [0.15, 0.2) is 0 Å². The van der Waals surface area contributed by atoms with Crippen molar-refractivity contribution in [2.75, 3.05) is 11.6 Å². The molecule has 4 heteroatoms. The lowest BCUT2D eigenvalue weighted by molar-refractivity contribution is -0.117. The predicted molar refractivity (Wildman–Crippen MR) is 60.5 cm³/mol. The highest BCUT2D eigenvalue weighted by molar-refractivity contribution is 7.98. The summed E-state index contributed by atoms with van der Waals surface area (Å²) in [5, 5.41) is 2.72. The fourth-order valence-electron chi connectivity index (χ4n) is 0.930. The van der Waals surface area contributed by atoms with Crippen molar-refractivity contribution in [2.24, 2.45) is 5.73 Å². The molecule has 0 fully saturated rings. The summed E-state index contributed by atoms with van der Waals surface area (Å²) in [6.45, 7) is 1.66. The summed E-state index contributed by atoms with van der Waals surface area (Å²) in [5.41, 5.74) is 6.21. The van der Waals surface area contributed by atoms with Crippen molar-refractivity contribution in [1.82, 2.24) is 0 Å². The molecule has 1 rings (SSSR count). The summed E-state index contributed by atoms with van der Waals surface area (Å²) >= 11 is 1.67. The van der Waals surface area contributed by atoms with Gasteiger partial charge in [-0.25, -0.2) is 0 Å². The summed E-state index contributed by atoms with van der Waals surface area (Å²) in [6, 6.07) is 7.18. The molecule has 0 aromatic heterocycles. The Bertz CT molecular complexity index is 308. The van der Waals surface area contributed by atoms with Crippen LogP contribution in [-0.4, -0.2) is 18.2 Å². The summed E-state index contributed by atoms with van der Waals surface area (Å²) < 4.78 is 0. The van der Waals surface area contributed by atoms with Crippen molar-refractivity contribution < 1.29 is 4.79 Å². The van der Waals surface area contributed by atoms with Crippen LogP contribution in [0.2, 0.25) is 0 Å². The lowest BCUT2D eigenvalue weighted by Crippen LogP contribution is -2.32. The van der Waals surface area contributed by atoms with E-state index in [9.17, 15) is 4.79 Å². The average molecular weight is 210 g/mol. The molecule has 14 heavy (non-hydrogen) atoms. The van der Waals surface area contributed by atoms with Gasteiger partial charge in [0, 0.05) is 10.6 Å². The number of hydrogen-bond donors (Lipinski definition) is 2. The van der Waals surface area contributed by atoms with Crippen LogP contribution in [0.4, 0.5) is 5.69 Å². The van der Waals surface area contributed by atoms with E-state index in [4.69, 9.17) is 5.73 Å². The largest absolute Gasteiger partial charge is 0.325 e. The normalized spacial score (nSPS) is 12.2. The highest BCUT2D eigenvalue weighted by atomic mass is 32.2. The second-order valence-electron chi connectivity index (χ2n) is 3.01. The number of hydrogen-bond acceptors (Lipinski definition) is 3. The molecule has 0 saturated heterocycles. The fourth-order valence-corrected chi connectivity index (χ4v) is 1.34. The quantitative estimate of drug-likeness (QED) is 0.746. The molecule has 0 spiro atoms. The molecule has 0 unspecified atom stereocenters. The van der Waals surface area contributed by atoms with Crippen LogP contribution in [-0.2, 0) is 4.79 Å². The molecule has 0 aliphatic heterocycles. The second kappa shape index (κ2) is 5.02. The molecule has 0 heterocycles. The Morgan fingerprint density at radius 2 is 2.00 bits per heavy atom. The highest BCUT2D eigenvalue weighted by Gasteiger charge is 2.06. The maximum atomic E-state index is 11.2. The van der Waals surface area contributed by atoms with Gasteiger partial charge in [0.05, 0.1) is 6.04 Å². The van der Waals surface area contributed by atoms with Gasteiger partial charge in [-0.3, -0.25) is 4.79 Å². The first-order chi connectivity index (χ1) is 6.63. The number of nitrogens with one attached hydrogen (secondary N) is 1. The molecule has 0 aliphatic carbocycles. The van der Waals surface area contributed by atoms with Gasteiger partial charge < -0.3 is 11.1 Å². The van der Waals surface area contributed by atoms with Gasteiger partial charge in [-0.2, -0.15) is 0 Å². The number of nitrogens with two attached hydrogens (primary N) is 1. The molecule has 1 amide bonds. The zero-order valence-electron chi connectivity index (χ0n) is 8.28. The van der Waals surface area contributed by atoms with E-state index in [1.807, 2.05) is 30.5 Å². The smallest absolute Gasteiger partial charge is 0.240 e. The fraction of sp³-hybridized carbons (Fsp3) is 0.300. The van der Waals surface area contributed by atoms with Gasteiger partial charge in [-0.15, -0.1) is 11.8 Å². The van der Waals surface area contributed by atoms with E-state index in [1.165, 1.54) is 4.90 Å². The summed E-state index contributed by atoms with van der Waals surface area (Å²) in [5.74, 6) is -0.165. The number of benzene rings is 1. The zero-order chi connectivity index (χ0) is 10.6. The van der Waals surface area contributed by atoms with Crippen molar-refractivity contribution in [1.29, 1.82) is 0 Å². The summed E-state index contributed by atoms with van der Waals surface area (Å²) in [6.07, 6.45) is 2.01. The Morgan fingerprint density at radius 1 is 1.43 bits per heavy atom. The van der Waals surface area contributed by atoms with Gasteiger partial charge in [-0.1, -0.05) is 0 Å². The number of rotatable bonds is 3. The number of amides is 1. The van der Waals surface area contributed by atoms with E-state index in [1.54, 1.807) is 18.7 Å². The third-order valence-corrected chi connectivity index (χ3v) is 2.51. The van der Waals surface area contributed by atoms with Crippen molar-refractivity contribution in [3.8, 4) is 0 Å². The molecular formula is C10H14N2OS. The molecule has 1 aromatic carbocycles. The molecule has 0 aliphatic rings. The van der Waals surface area contributed by atoms with Crippen molar-refractivity contribution >= 4 is 23.4 Å². The molecule has 3 nitrogen and oxygen atoms in total. The molecule has 3 N–H and O–H groups in total. The van der Waals surface area contributed by atoms with Crippen LogP contribution in [0.1, 0.15) is 6.92 Å². The average Bonchev–Trinajstić information content (AvgIpc) is 2.19. The maximum Gasteiger partial charge on any atom is 0.240 e. The molecule has 1 atom stereocenters. The zero-order valence-corrected chi connectivity index (χ0v) is 9.10. The summed E-state index contributed by atoms with van der Waals surface area (Å²) in [7, 11) is 0. The topological polar surface area (TPSA) is 55.1 Å². The Morgan fingerprint density at radius 3 is 2.43 bits per heavy atom. The summed E-state index contributed by atoms with van der Waals surface area (Å²) in [4.78, 5) is 12.4. The first-order valence-electron chi connectivity index (χ1n) is 4.34. The third-order valence-electron chi connectivity index (χ3n) is 1.77. The Labute approximate surface area is 88.1 Å². The SMILES string of the molecule is CSc1ccc(NC(=O)[C@H](C)N)cc1. The van der Waals surface area contributed by atoms with Gasteiger partial charge in [0.2, 0.25) is 5.91 Å². The number of carbonyl (C=O) groups is 1. The minimum absolute atomic E-state index is 0.165. The number of thioether (sulfide) groups is 1. The van der Waals surface area contributed by atoms with Gasteiger partial charge in [-0.05, 0) is 37.4 Å². The molecule has 1 aromatic rings. The van der Waals surface area contributed by atoms with Crippen LogP contribution < -0.4 is 11.1 Å². The predicted octanol–water partition coefficient (Wildman–Crippen LogP) is 1.69. The minimum atomic E-state index is -0.477. The van der Waals surface area contributed by atoms with Crippen molar-refractivity contribution in [3.05, 3.63) is 24.3 Å². The van der Waals surface area contributed by atoms with Gasteiger partial charge >= 0.3 is 0 Å². The minimum Gasteiger partial charge on any atom is -0.325 e. The van der Waals surface area contributed by atoms with E-state index in [0.717, 1.165) is 5.69 Å². The van der Waals surface area contributed by atoms with Crippen LogP contribution in [0.3, 0.4) is 0 Å². The lowest BCUT2D eigenvalue weighted by atomic mass is 10.3. The van der Waals surface area contributed by atoms with E-state index in [2.05, 4.69) is 5.32 Å². The first-order valence-corrected chi connectivity index (χ1v) is 5.56. The first kappa shape index (κ1) is 11.1. The van der Waals surface area contributed by atoms with E-state index >= 15 is 0 Å². The molecule has 0 radical (unpaired) electrons. The van der Waals surface area contributed by atoms with Gasteiger partial charge in [0.25, 0.3) is 0 Å². The standard InChI is InChI=1S/C10H14N2OS/c1-7(11)10(13)12-8-3-5-9(14-2)6-4-8/h3-7H,11H2,1-2H3,(H,12,13)/t7-/m0/s1. The van der Waals surface area contributed by atoms with Crippen LogP contribution in [0.25, 0.3) is 0 Å². The molecular weight excluding hydrogens is 196 g/mol. The van der Waals surface area contributed by atoms with Crippen molar-refractivity contribution in [3.63, 3.8) is 0 Å². The van der Waals surface area contributed by atoms with Gasteiger partial charge in [0.1, 0.15) is 0 Å². The van der Waals surface area contributed by atoms with Crippen molar-refractivity contribution in [2.45, 2.75) is 17.9 Å². The van der Waals surface area contributed by atoms with E-state index in [0.29, 0.717) is 0 Å². The Hall–Kier alpha value is -1.00. The molecule has 0 saturated carbocycles.